The molecule has 1 amide bonds. The summed E-state index contributed by atoms with van der Waals surface area (Å²) in [7, 11) is 0. The van der Waals surface area contributed by atoms with Crippen LogP contribution in [0.5, 0.6) is 0 Å². The molecule has 0 bridgehead atoms. The summed E-state index contributed by atoms with van der Waals surface area (Å²) in [4.78, 5) is 29.2. The number of ether oxygens (including phenoxy) is 1. The molecular weight excluding hydrogens is 528 g/mol. The summed E-state index contributed by atoms with van der Waals surface area (Å²) < 4.78 is 4.90. The number of hydrogen-bond acceptors (Lipinski definition) is 12. The van der Waals surface area contributed by atoms with Gasteiger partial charge in [-0.15, -0.1) is 0 Å². The average molecular weight is 552 g/mol. The SMILES string of the molecule is O=C(OC(O)c1ccc(C(O)C(=O)Nc2ccc3cnccc3c2)cc1)c1ccc(C(O)(O)O)cc1C(O)(O)O. The van der Waals surface area contributed by atoms with Crippen LogP contribution in [0.2, 0.25) is 0 Å². The van der Waals surface area contributed by atoms with Gasteiger partial charge in [0.2, 0.25) is 6.29 Å². The predicted octanol–water partition coefficient (Wildman–Crippen LogP) is -0.0708. The van der Waals surface area contributed by atoms with E-state index >= 15 is 0 Å². The van der Waals surface area contributed by atoms with Crippen LogP contribution >= 0.6 is 0 Å². The van der Waals surface area contributed by atoms with Gasteiger partial charge in [-0.25, -0.2) is 4.79 Å². The highest BCUT2D eigenvalue weighted by atomic mass is 16.7. The number of rotatable bonds is 8. The van der Waals surface area contributed by atoms with Gasteiger partial charge >= 0.3 is 17.9 Å². The number of carbonyl (C=O) groups excluding carboxylic acids is 2. The lowest BCUT2D eigenvalue weighted by Gasteiger charge is -2.22. The minimum atomic E-state index is -3.65. The molecule has 208 valence electrons. The standard InChI is InChI=1S/C27H24N2O11/c30-22(23(31)29-19-7-5-17-13-28-10-9-16(17)11-19)14-1-3-15(4-2-14)24(32)40-25(33)20-8-6-18(26(34,35)36)12-21(20)27(37,38)39/h1-13,22,24,30,32,34-39H,(H,29,31). The molecule has 0 radical (unpaired) electrons. The molecule has 0 aliphatic rings. The van der Waals surface area contributed by atoms with E-state index in [1.807, 2.05) is 0 Å². The number of hydrogen-bond donors (Lipinski definition) is 9. The fourth-order valence-corrected chi connectivity index (χ4v) is 3.81. The van der Waals surface area contributed by atoms with Crippen LogP contribution in [0.15, 0.2) is 79.1 Å². The van der Waals surface area contributed by atoms with E-state index in [2.05, 4.69) is 10.3 Å². The van der Waals surface area contributed by atoms with Crippen molar-refractivity contribution >= 4 is 28.3 Å². The van der Waals surface area contributed by atoms with Crippen molar-refractivity contribution in [1.29, 1.82) is 0 Å². The van der Waals surface area contributed by atoms with Gasteiger partial charge in [0.05, 0.1) is 11.1 Å². The highest BCUT2D eigenvalue weighted by molar-refractivity contribution is 5.97. The second-order valence-electron chi connectivity index (χ2n) is 8.78. The topological polar surface area (TPSA) is 230 Å². The minimum absolute atomic E-state index is 0.00867. The molecule has 4 rings (SSSR count). The average Bonchev–Trinajstić information content (AvgIpc) is 2.91. The molecule has 4 aromatic rings. The van der Waals surface area contributed by atoms with E-state index in [9.17, 15) is 50.4 Å². The molecule has 1 aromatic heterocycles. The molecule has 0 fully saturated rings. The number of nitrogens with zero attached hydrogens (tertiary/aromatic N) is 1. The smallest absolute Gasteiger partial charge is 0.341 e. The van der Waals surface area contributed by atoms with Crippen LogP contribution in [0.1, 0.15) is 45.0 Å². The van der Waals surface area contributed by atoms with Crippen LogP contribution < -0.4 is 5.32 Å². The number of aliphatic hydroxyl groups excluding tert-OH is 2. The third-order valence-electron chi connectivity index (χ3n) is 5.90. The normalized spacial score (nSPS) is 13.5. The number of carbonyl (C=O) groups is 2. The molecule has 0 aliphatic heterocycles. The van der Waals surface area contributed by atoms with Gasteiger partial charge in [-0.2, -0.15) is 0 Å². The van der Waals surface area contributed by atoms with Crippen molar-refractivity contribution < 1.29 is 55.2 Å². The first-order chi connectivity index (χ1) is 18.7. The minimum Gasteiger partial charge on any atom is -0.428 e. The third-order valence-corrected chi connectivity index (χ3v) is 5.90. The third kappa shape index (κ3) is 6.45. The van der Waals surface area contributed by atoms with Gasteiger partial charge in [0.1, 0.15) is 0 Å². The van der Waals surface area contributed by atoms with Crippen molar-refractivity contribution in [3.05, 3.63) is 107 Å². The van der Waals surface area contributed by atoms with E-state index in [-0.39, 0.29) is 11.1 Å². The number of aromatic nitrogens is 1. The molecule has 2 unspecified atom stereocenters. The molecule has 2 atom stereocenters. The van der Waals surface area contributed by atoms with Crippen LogP contribution in [0.25, 0.3) is 10.8 Å². The first-order valence-corrected chi connectivity index (χ1v) is 11.5. The van der Waals surface area contributed by atoms with Gasteiger partial charge in [0, 0.05) is 34.6 Å². The van der Waals surface area contributed by atoms with Gasteiger partial charge in [-0.3, -0.25) is 9.78 Å². The van der Waals surface area contributed by atoms with Crippen molar-refractivity contribution in [2.75, 3.05) is 5.32 Å². The van der Waals surface area contributed by atoms with Crippen LogP contribution in [0.4, 0.5) is 5.69 Å². The molecule has 0 spiro atoms. The summed E-state index contributed by atoms with van der Waals surface area (Å²) in [5.74, 6) is -9.15. The fraction of sp³-hybridized carbons (Fsp3) is 0.148. The molecule has 40 heavy (non-hydrogen) atoms. The fourth-order valence-electron chi connectivity index (χ4n) is 3.81. The summed E-state index contributed by atoms with van der Waals surface area (Å²) in [6, 6.07) is 14.2. The van der Waals surface area contributed by atoms with E-state index < -0.39 is 52.9 Å². The molecule has 9 N–H and O–H groups in total. The Morgan fingerprint density at radius 3 is 2.10 bits per heavy atom. The number of nitrogens with one attached hydrogen (secondary N) is 1. The number of amides is 1. The summed E-state index contributed by atoms with van der Waals surface area (Å²) in [5, 5.41) is 81.7. The van der Waals surface area contributed by atoms with E-state index in [1.54, 1.807) is 36.7 Å². The molecule has 1 heterocycles. The molecule has 0 aliphatic carbocycles. The Bertz CT molecular complexity index is 1540. The maximum Gasteiger partial charge on any atom is 0.341 e. The van der Waals surface area contributed by atoms with Crippen LogP contribution in [0, 0.1) is 0 Å². The molecule has 0 saturated heterocycles. The summed E-state index contributed by atoms with van der Waals surface area (Å²) >= 11 is 0. The van der Waals surface area contributed by atoms with E-state index in [4.69, 9.17) is 4.74 Å². The molecule has 13 nitrogen and oxygen atoms in total. The largest absolute Gasteiger partial charge is 0.428 e. The zero-order chi connectivity index (χ0) is 29.2. The molecular formula is C27H24N2O11. The second-order valence-corrected chi connectivity index (χ2v) is 8.78. The van der Waals surface area contributed by atoms with Crippen LogP contribution in [0.3, 0.4) is 0 Å². The van der Waals surface area contributed by atoms with Crippen molar-refractivity contribution in [2.24, 2.45) is 0 Å². The zero-order valence-electron chi connectivity index (χ0n) is 20.4. The maximum absolute atomic E-state index is 12.6. The number of pyridine rings is 1. The quantitative estimate of drug-likeness (QED) is 0.103. The number of esters is 1. The summed E-state index contributed by atoms with van der Waals surface area (Å²) in [6.07, 6.45) is -0.210. The predicted molar refractivity (Wildman–Crippen MR) is 135 cm³/mol. The molecule has 3 aromatic carbocycles. The van der Waals surface area contributed by atoms with Crippen molar-refractivity contribution in [3.63, 3.8) is 0 Å². The monoisotopic (exact) mass is 552 g/mol. The molecule has 0 saturated carbocycles. The Balaban J connectivity index is 1.44. The van der Waals surface area contributed by atoms with E-state index in [1.165, 1.54) is 24.3 Å². The lowest BCUT2D eigenvalue weighted by Crippen LogP contribution is -2.30. The van der Waals surface area contributed by atoms with Gasteiger partial charge in [0.25, 0.3) is 5.91 Å². The number of anilines is 1. The lowest BCUT2D eigenvalue weighted by molar-refractivity contribution is -0.327. The van der Waals surface area contributed by atoms with Gasteiger partial charge in [0.15, 0.2) is 6.10 Å². The second kappa shape index (κ2) is 11.1. The number of benzene rings is 3. The van der Waals surface area contributed by atoms with Crippen LogP contribution in [-0.4, -0.2) is 57.7 Å². The lowest BCUT2D eigenvalue weighted by atomic mass is 10.0. The van der Waals surface area contributed by atoms with Crippen molar-refractivity contribution in [1.82, 2.24) is 4.98 Å². The van der Waals surface area contributed by atoms with Gasteiger partial charge in [-0.05, 0) is 41.3 Å². The summed E-state index contributed by atoms with van der Waals surface area (Å²) in [6.45, 7) is 0. The molecule has 13 heteroatoms. The van der Waals surface area contributed by atoms with Crippen LogP contribution in [-0.2, 0) is 21.5 Å². The first-order valence-electron chi connectivity index (χ1n) is 11.5. The Morgan fingerprint density at radius 2 is 1.45 bits per heavy atom. The van der Waals surface area contributed by atoms with Gasteiger partial charge < -0.3 is 50.9 Å². The van der Waals surface area contributed by atoms with Crippen molar-refractivity contribution in [2.45, 2.75) is 24.3 Å². The highest BCUT2D eigenvalue weighted by Crippen LogP contribution is 2.28. The zero-order valence-corrected chi connectivity index (χ0v) is 20.4. The first kappa shape index (κ1) is 28.7. The Hall–Kier alpha value is -4.31. The number of aliphatic hydroxyl groups is 8. The Morgan fingerprint density at radius 1 is 0.775 bits per heavy atom. The number of fused-ring (bicyclic) bond motifs is 1. The van der Waals surface area contributed by atoms with Crippen molar-refractivity contribution in [3.8, 4) is 0 Å². The Kier molecular flexibility index (Phi) is 7.93. The van der Waals surface area contributed by atoms with E-state index in [0.29, 0.717) is 11.8 Å². The summed E-state index contributed by atoms with van der Waals surface area (Å²) in [5.41, 5.74) is -1.75. The maximum atomic E-state index is 12.6. The van der Waals surface area contributed by atoms with Gasteiger partial charge in [-0.1, -0.05) is 36.4 Å². The Labute approximate surface area is 225 Å². The highest BCUT2D eigenvalue weighted by Gasteiger charge is 2.33. The van der Waals surface area contributed by atoms with E-state index in [0.717, 1.165) is 22.9 Å².